The fourth-order valence-corrected chi connectivity index (χ4v) is 4.35. The van der Waals surface area contributed by atoms with Crippen molar-refractivity contribution in [2.75, 3.05) is 0 Å². The molecule has 1 N–H and O–H groups in total. The molecule has 3 aromatic rings. The van der Waals surface area contributed by atoms with Crippen LogP contribution in [-0.2, 0) is 11.3 Å². The van der Waals surface area contributed by atoms with Crippen LogP contribution in [0.1, 0.15) is 59.8 Å². The van der Waals surface area contributed by atoms with E-state index < -0.39 is 23.6 Å². The quantitative estimate of drug-likeness (QED) is 0.524. The highest BCUT2D eigenvalue weighted by atomic mass is 19.1. The van der Waals surface area contributed by atoms with Gasteiger partial charge in [0.15, 0.2) is 0 Å². The van der Waals surface area contributed by atoms with Crippen LogP contribution >= 0.6 is 0 Å². The molecule has 0 saturated heterocycles. The Labute approximate surface area is 197 Å². The molecule has 34 heavy (non-hydrogen) atoms. The molecule has 0 bridgehead atoms. The number of nitrogens with zero attached hydrogens (tertiary/aromatic N) is 2. The molecule has 5 nitrogen and oxygen atoms in total. The third-order valence-electron chi connectivity index (χ3n) is 6.11. The topological polar surface area (TPSA) is 62.3 Å². The van der Waals surface area contributed by atoms with Crippen LogP contribution in [0, 0.1) is 11.6 Å². The van der Waals surface area contributed by atoms with Crippen LogP contribution in [0.15, 0.2) is 72.9 Å². The molecule has 1 atom stereocenters. The summed E-state index contributed by atoms with van der Waals surface area (Å²) in [7, 11) is 0. The number of hydrogen-bond acceptors (Lipinski definition) is 3. The second kappa shape index (κ2) is 11.0. The predicted molar refractivity (Wildman–Crippen MR) is 125 cm³/mol. The lowest BCUT2D eigenvalue weighted by Crippen LogP contribution is -2.47. The Balaban J connectivity index is 1.73. The molecule has 1 saturated carbocycles. The average Bonchev–Trinajstić information content (AvgIpc) is 2.86. The van der Waals surface area contributed by atoms with E-state index in [0.29, 0.717) is 11.1 Å². The number of carbonyl (C=O) groups excluding carboxylic acids is 2. The summed E-state index contributed by atoms with van der Waals surface area (Å²) >= 11 is 0. The number of halogens is 2. The van der Waals surface area contributed by atoms with Crippen LogP contribution < -0.4 is 5.32 Å². The lowest BCUT2D eigenvalue weighted by molar-refractivity contribution is -0.127. The largest absolute Gasteiger partial charge is 0.351 e. The number of pyridine rings is 1. The summed E-state index contributed by atoms with van der Waals surface area (Å²) < 4.78 is 27.2. The number of aromatic nitrogens is 1. The van der Waals surface area contributed by atoms with Crippen LogP contribution in [-0.4, -0.2) is 27.7 Å². The fraction of sp³-hybridized carbons (Fsp3) is 0.296. The Kier molecular flexibility index (Phi) is 7.62. The van der Waals surface area contributed by atoms with E-state index >= 15 is 0 Å². The molecule has 1 aliphatic rings. The normalized spacial score (nSPS) is 14.9. The molecule has 176 valence electrons. The van der Waals surface area contributed by atoms with E-state index in [1.54, 1.807) is 30.3 Å². The third kappa shape index (κ3) is 5.84. The summed E-state index contributed by atoms with van der Waals surface area (Å²) in [6.07, 6.45) is 6.50. The highest BCUT2D eigenvalue weighted by molar-refractivity contribution is 5.96. The van der Waals surface area contributed by atoms with Crippen LogP contribution in [0.5, 0.6) is 0 Å². The molecule has 1 unspecified atom stereocenters. The van der Waals surface area contributed by atoms with Gasteiger partial charge in [0.1, 0.15) is 23.4 Å². The van der Waals surface area contributed by atoms with Crippen LogP contribution in [0.25, 0.3) is 0 Å². The van der Waals surface area contributed by atoms with E-state index in [4.69, 9.17) is 0 Å². The Morgan fingerprint density at radius 2 is 1.56 bits per heavy atom. The highest BCUT2D eigenvalue weighted by Crippen LogP contribution is 2.27. The zero-order chi connectivity index (χ0) is 23.9. The molecule has 1 aromatic heterocycles. The number of nitrogens with one attached hydrogen (secondary N) is 1. The van der Waals surface area contributed by atoms with E-state index in [1.165, 1.54) is 47.5 Å². The van der Waals surface area contributed by atoms with Gasteiger partial charge in [-0.15, -0.1) is 0 Å². The van der Waals surface area contributed by atoms with Gasteiger partial charge in [0.05, 0.1) is 0 Å². The van der Waals surface area contributed by atoms with Gasteiger partial charge in [-0.25, -0.2) is 8.78 Å². The number of carbonyl (C=O) groups is 2. The average molecular weight is 464 g/mol. The lowest BCUT2D eigenvalue weighted by Gasteiger charge is -2.33. The summed E-state index contributed by atoms with van der Waals surface area (Å²) in [5.41, 5.74) is 1.33. The van der Waals surface area contributed by atoms with Crippen molar-refractivity contribution in [3.05, 3.63) is 101 Å². The molecular formula is C27H27F2N3O2. The molecule has 2 aromatic carbocycles. The van der Waals surface area contributed by atoms with E-state index in [0.717, 1.165) is 32.1 Å². The molecule has 1 heterocycles. The van der Waals surface area contributed by atoms with Crippen molar-refractivity contribution in [1.82, 2.24) is 15.2 Å². The molecule has 1 aliphatic carbocycles. The predicted octanol–water partition coefficient (Wildman–Crippen LogP) is 5.19. The smallest absolute Gasteiger partial charge is 0.273 e. The zero-order valence-corrected chi connectivity index (χ0v) is 18.8. The first kappa shape index (κ1) is 23.5. The van der Waals surface area contributed by atoms with E-state index in [9.17, 15) is 18.4 Å². The number of benzene rings is 2. The Morgan fingerprint density at radius 3 is 2.18 bits per heavy atom. The first-order chi connectivity index (χ1) is 16.5. The van der Waals surface area contributed by atoms with Crippen molar-refractivity contribution in [3.8, 4) is 0 Å². The minimum atomic E-state index is -1.01. The van der Waals surface area contributed by atoms with Crippen molar-refractivity contribution >= 4 is 11.8 Å². The van der Waals surface area contributed by atoms with Crippen LogP contribution in [0.3, 0.4) is 0 Å². The number of amides is 2. The number of rotatable bonds is 7. The summed E-state index contributed by atoms with van der Waals surface area (Å²) in [4.78, 5) is 32.9. The maximum Gasteiger partial charge on any atom is 0.273 e. The minimum absolute atomic E-state index is 0.0295. The summed E-state index contributed by atoms with van der Waals surface area (Å²) in [5.74, 6) is -1.60. The van der Waals surface area contributed by atoms with Crippen molar-refractivity contribution in [2.24, 2.45) is 0 Å². The highest BCUT2D eigenvalue weighted by Gasteiger charge is 2.34. The van der Waals surface area contributed by atoms with Crippen molar-refractivity contribution < 1.29 is 18.4 Å². The Morgan fingerprint density at radius 1 is 0.912 bits per heavy atom. The molecular weight excluding hydrogens is 436 g/mol. The van der Waals surface area contributed by atoms with Gasteiger partial charge in [-0.3, -0.25) is 14.6 Å². The summed E-state index contributed by atoms with van der Waals surface area (Å²) in [6, 6.07) is 15.4. The molecule has 0 aliphatic heterocycles. The Hall–Kier alpha value is -3.61. The first-order valence-electron chi connectivity index (χ1n) is 11.5. The fourth-order valence-electron chi connectivity index (χ4n) is 4.35. The van der Waals surface area contributed by atoms with Gasteiger partial charge in [-0.1, -0.05) is 49.6 Å². The van der Waals surface area contributed by atoms with Gasteiger partial charge >= 0.3 is 0 Å². The van der Waals surface area contributed by atoms with Gasteiger partial charge in [-0.2, -0.15) is 0 Å². The maximum absolute atomic E-state index is 13.7. The van der Waals surface area contributed by atoms with Crippen LogP contribution in [0.4, 0.5) is 8.78 Å². The number of hydrogen-bond donors (Lipinski definition) is 1. The summed E-state index contributed by atoms with van der Waals surface area (Å²) in [6.45, 7) is 0.0514. The molecule has 7 heteroatoms. The van der Waals surface area contributed by atoms with E-state index in [1.807, 2.05) is 0 Å². The molecule has 0 radical (unpaired) electrons. The van der Waals surface area contributed by atoms with Crippen molar-refractivity contribution in [2.45, 2.75) is 50.7 Å². The SMILES string of the molecule is O=C(NC1CCCCC1)C(c1ccc(F)cc1)N(Cc1ccc(F)cc1)C(=O)c1ccccn1. The van der Waals surface area contributed by atoms with Crippen molar-refractivity contribution in [3.63, 3.8) is 0 Å². The molecule has 4 rings (SSSR count). The molecule has 2 amide bonds. The van der Waals surface area contributed by atoms with Crippen LogP contribution in [0.2, 0.25) is 0 Å². The molecule has 0 spiro atoms. The lowest BCUT2D eigenvalue weighted by atomic mass is 9.94. The van der Waals surface area contributed by atoms with E-state index in [2.05, 4.69) is 10.3 Å². The van der Waals surface area contributed by atoms with E-state index in [-0.39, 0.29) is 24.2 Å². The third-order valence-corrected chi connectivity index (χ3v) is 6.11. The summed E-state index contributed by atoms with van der Waals surface area (Å²) in [5, 5.41) is 3.11. The maximum atomic E-state index is 13.7. The monoisotopic (exact) mass is 463 g/mol. The van der Waals surface area contributed by atoms with Crippen molar-refractivity contribution in [1.29, 1.82) is 0 Å². The second-order valence-electron chi connectivity index (χ2n) is 8.57. The van der Waals surface area contributed by atoms with Gasteiger partial charge in [0, 0.05) is 18.8 Å². The van der Waals surface area contributed by atoms with Gasteiger partial charge in [-0.05, 0) is 60.4 Å². The first-order valence-corrected chi connectivity index (χ1v) is 11.5. The van der Waals surface area contributed by atoms with Gasteiger partial charge in [0.25, 0.3) is 5.91 Å². The second-order valence-corrected chi connectivity index (χ2v) is 8.57. The van der Waals surface area contributed by atoms with Gasteiger partial charge < -0.3 is 10.2 Å². The van der Waals surface area contributed by atoms with Gasteiger partial charge in [0.2, 0.25) is 5.91 Å². The standard InChI is InChI=1S/C27H27F2N3O2/c28-21-13-9-19(10-14-21)18-32(27(34)24-8-4-5-17-30-24)25(20-11-15-22(29)16-12-20)26(33)31-23-6-2-1-3-7-23/h4-5,8-17,23,25H,1-3,6-7,18H2,(H,31,33). The zero-order valence-electron chi connectivity index (χ0n) is 18.8. The Bertz CT molecular complexity index is 1100. The molecule has 1 fully saturated rings. The minimum Gasteiger partial charge on any atom is -0.351 e.